The normalized spacial score (nSPS) is 10.5. The highest BCUT2D eigenvalue weighted by atomic mass is 32.1. The maximum Gasteiger partial charge on any atom is 0.281 e. The van der Waals surface area contributed by atoms with Gasteiger partial charge < -0.3 is 5.73 Å². The number of para-hydroxylation sites is 1. The lowest BCUT2D eigenvalue weighted by Gasteiger charge is -1.98. The van der Waals surface area contributed by atoms with Gasteiger partial charge in [0.05, 0.1) is 11.4 Å². The van der Waals surface area contributed by atoms with Crippen LogP contribution in [0.4, 0.5) is 10.9 Å². The van der Waals surface area contributed by atoms with Gasteiger partial charge in [0, 0.05) is 5.38 Å². The number of nitrogens with two attached hydrogens (primary N) is 1. The number of carbonyl (C=O) groups is 1. The monoisotopic (exact) mass is 300 g/mol. The minimum absolute atomic E-state index is 0.0737. The van der Waals surface area contributed by atoms with Crippen LogP contribution in [0.2, 0.25) is 0 Å². The number of hydrogen-bond acceptors (Lipinski definition) is 6. The van der Waals surface area contributed by atoms with Crippen LogP contribution in [-0.2, 0) is 0 Å². The second-order valence-electron chi connectivity index (χ2n) is 4.31. The molecule has 0 aliphatic carbocycles. The second kappa shape index (κ2) is 5.33. The van der Waals surface area contributed by atoms with Gasteiger partial charge in [0.15, 0.2) is 16.6 Å². The Kier molecular flexibility index (Phi) is 3.36. The van der Waals surface area contributed by atoms with Gasteiger partial charge in [-0.1, -0.05) is 18.2 Å². The predicted molar refractivity (Wildman–Crippen MR) is 80.6 cm³/mol. The molecule has 0 spiro atoms. The Bertz CT molecular complexity index is 779. The van der Waals surface area contributed by atoms with Crippen molar-refractivity contribution in [1.29, 1.82) is 0 Å². The molecule has 7 nitrogen and oxygen atoms in total. The highest BCUT2D eigenvalue weighted by Gasteiger charge is 2.18. The molecule has 0 aliphatic rings. The van der Waals surface area contributed by atoms with E-state index >= 15 is 0 Å². The minimum Gasteiger partial charge on any atom is -0.380 e. The van der Waals surface area contributed by atoms with E-state index in [1.807, 2.05) is 42.6 Å². The SMILES string of the molecule is Cc1csc(NC(=O)c2nn(-c3ccccc3)nc2N)n1. The topological polar surface area (TPSA) is 98.7 Å². The van der Waals surface area contributed by atoms with Gasteiger partial charge in [-0.25, -0.2) is 4.98 Å². The van der Waals surface area contributed by atoms with E-state index in [0.717, 1.165) is 11.4 Å². The first-order valence-electron chi connectivity index (χ1n) is 6.15. The molecule has 0 fully saturated rings. The number of nitrogens with one attached hydrogen (secondary N) is 1. The third-order valence-corrected chi connectivity index (χ3v) is 3.56. The Morgan fingerprint density at radius 3 is 2.71 bits per heavy atom. The highest BCUT2D eigenvalue weighted by molar-refractivity contribution is 7.13. The summed E-state index contributed by atoms with van der Waals surface area (Å²) in [5.74, 6) is -0.353. The summed E-state index contributed by atoms with van der Waals surface area (Å²) in [4.78, 5) is 17.6. The molecule has 0 saturated carbocycles. The van der Waals surface area contributed by atoms with Gasteiger partial charge in [-0.3, -0.25) is 10.1 Å². The fourth-order valence-electron chi connectivity index (χ4n) is 1.72. The van der Waals surface area contributed by atoms with Gasteiger partial charge >= 0.3 is 0 Å². The fraction of sp³-hybridized carbons (Fsp3) is 0.0769. The van der Waals surface area contributed by atoms with Crippen LogP contribution in [0.25, 0.3) is 5.69 Å². The molecule has 0 unspecified atom stereocenters. The minimum atomic E-state index is -0.427. The van der Waals surface area contributed by atoms with Crippen molar-refractivity contribution >= 4 is 28.2 Å². The average Bonchev–Trinajstić information content (AvgIpc) is 3.06. The summed E-state index contributed by atoms with van der Waals surface area (Å²) >= 11 is 1.34. The number of hydrogen-bond donors (Lipinski definition) is 2. The Morgan fingerprint density at radius 2 is 2.05 bits per heavy atom. The lowest BCUT2D eigenvalue weighted by Crippen LogP contribution is -2.14. The molecule has 1 aromatic carbocycles. The summed E-state index contributed by atoms with van der Waals surface area (Å²) < 4.78 is 0. The summed E-state index contributed by atoms with van der Waals surface area (Å²) in [5.41, 5.74) is 7.42. The molecule has 0 aliphatic heterocycles. The maximum atomic E-state index is 12.1. The number of nitrogen functional groups attached to an aromatic ring is 1. The molecule has 2 aromatic heterocycles. The summed E-state index contributed by atoms with van der Waals surface area (Å²) in [6, 6.07) is 9.24. The Morgan fingerprint density at radius 1 is 1.29 bits per heavy atom. The Balaban J connectivity index is 1.86. The molecule has 3 N–H and O–H groups in total. The van der Waals surface area contributed by atoms with Gasteiger partial charge in [-0.05, 0) is 19.1 Å². The van der Waals surface area contributed by atoms with Crippen LogP contribution in [0.5, 0.6) is 0 Å². The number of amides is 1. The van der Waals surface area contributed by atoms with Crippen molar-refractivity contribution in [2.24, 2.45) is 0 Å². The molecule has 0 radical (unpaired) electrons. The molecule has 8 heteroatoms. The van der Waals surface area contributed by atoms with Crippen molar-refractivity contribution in [2.75, 3.05) is 11.1 Å². The smallest absolute Gasteiger partial charge is 0.281 e. The zero-order valence-corrected chi connectivity index (χ0v) is 12.0. The van der Waals surface area contributed by atoms with Gasteiger partial charge in [-0.15, -0.1) is 26.3 Å². The number of aryl methyl sites for hydroxylation is 1. The number of anilines is 2. The number of carbonyl (C=O) groups excluding carboxylic acids is 1. The van der Waals surface area contributed by atoms with Crippen molar-refractivity contribution < 1.29 is 4.79 Å². The third kappa shape index (κ3) is 2.75. The van der Waals surface area contributed by atoms with Crippen molar-refractivity contribution in [1.82, 2.24) is 20.0 Å². The number of thiazole rings is 1. The standard InChI is InChI=1S/C13H12N6OS/c1-8-7-21-13(15-8)16-12(20)10-11(14)18-19(17-10)9-5-3-2-4-6-9/h2-7H,1H3,(H2,14,18)(H,15,16,20). The molecule has 0 atom stereocenters. The number of rotatable bonds is 3. The Hall–Kier alpha value is -2.74. The first-order chi connectivity index (χ1) is 10.1. The van der Waals surface area contributed by atoms with Crippen LogP contribution in [0.1, 0.15) is 16.2 Å². The van der Waals surface area contributed by atoms with Crippen LogP contribution < -0.4 is 11.1 Å². The van der Waals surface area contributed by atoms with Gasteiger partial charge in [0.25, 0.3) is 5.91 Å². The molecular formula is C13H12N6OS. The van der Waals surface area contributed by atoms with E-state index in [4.69, 9.17) is 5.73 Å². The Labute approximate surface area is 124 Å². The lowest BCUT2D eigenvalue weighted by molar-refractivity contribution is 0.102. The molecule has 106 valence electrons. The highest BCUT2D eigenvalue weighted by Crippen LogP contribution is 2.17. The van der Waals surface area contributed by atoms with E-state index in [1.165, 1.54) is 16.1 Å². The third-order valence-electron chi connectivity index (χ3n) is 2.68. The van der Waals surface area contributed by atoms with Crippen LogP contribution >= 0.6 is 11.3 Å². The average molecular weight is 300 g/mol. The van der Waals surface area contributed by atoms with Gasteiger partial charge in [0.1, 0.15) is 0 Å². The largest absolute Gasteiger partial charge is 0.380 e. The maximum absolute atomic E-state index is 12.1. The van der Waals surface area contributed by atoms with Crippen molar-refractivity contribution in [3.63, 3.8) is 0 Å². The van der Waals surface area contributed by atoms with E-state index < -0.39 is 5.91 Å². The number of nitrogens with zero attached hydrogens (tertiary/aromatic N) is 4. The summed E-state index contributed by atoms with van der Waals surface area (Å²) in [5, 5.41) is 13.2. The van der Waals surface area contributed by atoms with Crippen LogP contribution in [0, 0.1) is 6.92 Å². The zero-order chi connectivity index (χ0) is 14.8. The number of benzene rings is 1. The van der Waals surface area contributed by atoms with Crippen molar-refractivity contribution in [2.45, 2.75) is 6.92 Å². The molecule has 2 heterocycles. The molecule has 3 aromatic rings. The van der Waals surface area contributed by atoms with E-state index in [9.17, 15) is 4.79 Å². The van der Waals surface area contributed by atoms with Crippen molar-refractivity contribution in [3.8, 4) is 5.69 Å². The molecule has 1 amide bonds. The lowest BCUT2D eigenvalue weighted by atomic mass is 10.3. The van der Waals surface area contributed by atoms with E-state index in [0.29, 0.717) is 5.13 Å². The second-order valence-corrected chi connectivity index (χ2v) is 5.17. The summed E-state index contributed by atoms with van der Waals surface area (Å²) in [7, 11) is 0. The first kappa shape index (κ1) is 13.3. The van der Waals surface area contributed by atoms with E-state index in [2.05, 4.69) is 20.5 Å². The first-order valence-corrected chi connectivity index (χ1v) is 7.03. The van der Waals surface area contributed by atoms with Crippen molar-refractivity contribution in [3.05, 3.63) is 47.1 Å². The summed E-state index contributed by atoms with van der Waals surface area (Å²) in [6.45, 7) is 1.85. The quantitative estimate of drug-likeness (QED) is 0.769. The van der Waals surface area contributed by atoms with Crippen LogP contribution in [0.15, 0.2) is 35.7 Å². The van der Waals surface area contributed by atoms with Gasteiger partial charge in [0.2, 0.25) is 0 Å². The molecular weight excluding hydrogens is 288 g/mol. The van der Waals surface area contributed by atoms with Gasteiger partial charge in [-0.2, -0.15) is 0 Å². The molecule has 21 heavy (non-hydrogen) atoms. The zero-order valence-electron chi connectivity index (χ0n) is 11.1. The fourth-order valence-corrected chi connectivity index (χ4v) is 2.41. The number of aromatic nitrogens is 4. The van der Waals surface area contributed by atoms with Crippen LogP contribution in [0.3, 0.4) is 0 Å². The molecule has 0 bridgehead atoms. The van der Waals surface area contributed by atoms with E-state index in [1.54, 1.807) is 0 Å². The molecule has 3 rings (SSSR count). The predicted octanol–water partition coefficient (Wildman–Crippen LogP) is 1.87. The molecule has 0 saturated heterocycles. The van der Waals surface area contributed by atoms with Crippen LogP contribution in [-0.4, -0.2) is 25.9 Å². The summed E-state index contributed by atoms with van der Waals surface area (Å²) in [6.07, 6.45) is 0. The van der Waals surface area contributed by atoms with E-state index in [-0.39, 0.29) is 11.5 Å².